The van der Waals surface area contributed by atoms with Gasteiger partial charge in [-0.2, -0.15) is 5.10 Å². The van der Waals surface area contributed by atoms with Gasteiger partial charge in [-0.3, -0.25) is 5.41 Å². The maximum atomic E-state index is 7.99. The van der Waals surface area contributed by atoms with E-state index in [1.54, 1.807) is 0 Å². The van der Waals surface area contributed by atoms with Crippen LogP contribution in [0.3, 0.4) is 0 Å². The van der Waals surface area contributed by atoms with Gasteiger partial charge >= 0.3 is 0 Å². The monoisotopic (exact) mass is 291 g/mol. The van der Waals surface area contributed by atoms with Crippen molar-refractivity contribution in [2.75, 3.05) is 24.7 Å². The normalized spacial score (nSPS) is 17.8. The van der Waals surface area contributed by atoms with Crippen molar-refractivity contribution in [3.8, 4) is 0 Å². The van der Waals surface area contributed by atoms with E-state index in [2.05, 4.69) is 35.9 Å². The van der Waals surface area contributed by atoms with E-state index in [1.807, 2.05) is 6.92 Å². The molecule has 3 N–H and O–H groups in total. The van der Waals surface area contributed by atoms with Gasteiger partial charge in [-0.1, -0.05) is 13.8 Å². The van der Waals surface area contributed by atoms with E-state index in [4.69, 9.17) is 15.9 Å². The van der Waals surface area contributed by atoms with Crippen molar-refractivity contribution in [1.82, 2.24) is 10.2 Å². The smallest absolute Gasteiger partial charge is 0.163 e. The molecule has 0 bridgehead atoms. The maximum Gasteiger partial charge on any atom is 0.163 e. The number of aromatic nitrogens is 2. The second-order valence-corrected chi connectivity index (χ2v) is 5.96. The number of amidine groups is 1. The Labute approximate surface area is 126 Å². The molecule has 0 spiro atoms. The van der Waals surface area contributed by atoms with Crippen LogP contribution in [0.5, 0.6) is 0 Å². The van der Waals surface area contributed by atoms with Crippen molar-refractivity contribution in [1.29, 1.82) is 5.41 Å². The zero-order chi connectivity index (χ0) is 15.6. The fourth-order valence-corrected chi connectivity index (χ4v) is 2.89. The van der Waals surface area contributed by atoms with Gasteiger partial charge in [0.1, 0.15) is 5.84 Å². The van der Waals surface area contributed by atoms with Crippen LogP contribution in [0.2, 0.25) is 0 Å². The minimum absolute atomic E-state index is 0.0636. The standard InChI is InChI=1S/C15H25N5O/c1-5-10-11(6-2)18-19-14(12(10)13(16)17)20-7-8-21-9-15(20,3)4/h5-9H2,1-4H3,(H3,16,17). The summed E-state index contributed by atoms with van der Waals surface area (Å²) < 4.78 is 5.56. The lowest BCUT2D eigenvalue weighted by Crippen LogP contribution is -2.54. The minimum Gasteiger partial charge on any atom is -0.384 e. The number of anilines is 1. The Kier molecular flexibility index (Phi) is 4.46. The summed E-state index contributed by atoms with van der Waals surface area (Å²) >= 11 is 0. The highest BCUT2D eigenvalue weighted by Gasteiger charge is 2.34. The van der Waals surface area contributed by atoms with Crippen LogP contribution in [-0.2, 0) is 17.6 Å². The summed E-state index contributed by atoms with van der Waals surface area (Å²) in [6.45, 7) is 10.3. The van der Waals surface area contributed by atoms with E-state index in [1.165, 1.54) is 0 Å². The Morgan fingerprint density at radius 3 is 2.57 bits per heavy atom. The van der Waals surface area contributed by atoms with Gasteiger partial charge in [0.15, 0.2) is 5.82 Å². The van der Waals surface area contributed by atoms with Crippen LogP contribution in [0.25, 0.3) is 0 Å². The topological polar surface area (TPSA) is 88.1 Å². The van der Waals surface area contributed by atoms with Crippen molar-refractivity contribution >= 4 is 11.7 Å². The van der Waals surface area contributed by atoms with Crippen LogP contribution >= 0.6 is 0 Å². The first-order valence-electron chi connectivity index (χ1n) is 7.50. The number of nitrogen functional groups attached to an aromatic ring is 1. The van der Waals surface area contributed by atoms with Gasteiger partial charge in [-0.25, -0.2) is 0 Å². The first kappa shape index (κ1) is 15.7. The summed E-state index contributed by atoms with van der Waals surface area (Å²) in [5.74, 6) is 0.776. The molecule has 2 heterocycles. The Hall–Kier alpha value is -1.69. The van der Waals surface area contributed by atoms with E-state index in [-0.39, 0.29) is 11.4 Å². The van der Waals surface area contributed by atoms with Crippen molar-refractivity contribution < 1.29 is 4.74 Å². The zero-order valence-corrected chi connectivity index (χ0v) is 13.4. The molecule has 6 nitrogen and oxygen atoms in total. The third-order valence-electron chi connectivity index (χ3n) is 4.00. The number of hydrogen-bond acceptors (Lipinski definition) is 5. The van der Waals surface area contributed by atoms with Gasteiger partial charge in [0.05, 0.1) is 30.0 Å². The second-order valence-electron chi connectivity index (χ2n) is 5.96. The number of morpholine rings is 1. The predicted molar refractivity (Wildman–Crippen MR) is 84.0 cm³/mol. The lowest BCUT2D eigenvalue weighted by atomic mass is 9.98. The third-order valence-corrected chi connectivity index (χ3v) is 4.00. The average Bonchev–Trinajstić information content (AvgIpc) is 2.45. The fourth-order valence-electron chi connectivity index (χ4n) is 2.89. The van der Waals surface area contributed by atoms with Crippen LogP contribution in [-0.4, -0.2) is 41.3 Å². The van der Waals surface area contributed by atoms with Crippen LogP contribution in [0.15, 0.2) is 0 Å². The molecule has 1 fully saturated rings. The Morgan fingerprint density at radius 2 is 2.05 bits per heavy atom. The highest BCUT2D eigenvalue weighted by molar-refractivity contribution is 6.01. The van der Waals surface area contributed by atoms with Crippen LogP contribution in [0.1, 0.15) is 44.5 Å². The summed E-state index contributed by atoms with van der Waals surface area (Å²) in [6.07, 6.45) is 1.59. The highest BCUT2D eigenvalue weighted by atomic mass is 16.5. The molecule has 0 aromatic carbocycles. The minimum atomic E-state index is -0.185. The maximum absolute atomic E-state index is 7.99. The summed E-state index contributed by atoms with van der Waals surface area (Å²) in [4.78, 5) is 2.17. The Morgan fingerprint density at radius 1 is 1.33 bits per heavy atom. The number of nitrogens with two attached hydrogens (primary N) is 1. The van der Waals surface area contributed by atoms with E-state index in [0.717, 1.165) is 36.2 Å². The van der Waals surface area contributed by atoms with Gasteiger partial charge in [-0.15, -0.1) is 5.10 Å². The molecule has 0 radical (unpaired) electrons. The van der Waals surface area contributed by atoms with Crippen molar-refractivity contribution in [2.45, 2.75) is 46.1 Å². The molecular formula is C15H25N5O. The number of hydrogen-bond donors (Lipinski definition) is 2. The zero-order valence-electron chi connectivity index (χ0n) is 13.4. The molecule has 1 aromatic heterocycles. The molecule has 1 aromatic rings. The molecule has 6 heteroatoms. The first-order chi connectivity index (χ1) is 9.92. The van der Waals surface area contributed by atoms with Crippen LogP contribution < -0.4 is 10.6 Å². The molecule has 1 saturated heterocycles. The molecule has 0 atom stereocenters. The predicted octanol–water partition coefficient (Wildman–Crippen LogP) is 1.50. The Balaban J connectivity index is 2.60. The van der Waals surface area contributed by atoms with Crippen molar-refractivity contribution in [2.24, 2.45) is 5.73 Å². The van der Waals surface area contributed by atoms with E-state index < -0.39 is 0 Å². The van der Waals surface area contributed by atoms with Crippen molar-refractivity contribution in [3.63, 3.8) is 0 Å². The number of nitrogens with zero attached hydrogens (tertiary/aromatic N) is 3. The summed E-state index contributed by atoms with van der Waals surface area (Å²) in [5, 5.41) is 16.8. The average molecular weight is 291 g/mol. The quantitative estimate of drug-likeness (QED) is 0.648. The van der Waals surface area contributed by atoms with E-state index in [9.17, 15) is 0 Å². The SMILES string of the molecule is CCc1nnc(N2CCOCC2(C)C)c(C(=N)N)c1CC. The lowest BCUT2D eigenvalue weighted by Gasteiger charge is -2.43. The third kappa shape index (κ3) is 2.85. The summed E-state index contributed by atoms with van der Waals surface area (Å²) in [7, 11) is 0. The highest BCUT2D eigenvalue weighted by Crippen LogP contribution is 2.30. The van der Waals surface area contributed by atoms with Crippen LogP contribution in [0.4, 0.5) is 5.82 Å². The van der Waals surface area contributed by atoms with Gasteiger partial charge in [0.2, 0.25) is 0 Å². The van der Waals surface area contributed by atoms with Crippen molar-refractivity contribution in [3.05, 3.63) is 16.8 Å². The number of rotatable bonds is 4. The molecule has 21 heavy (non-hydrogen) atoms. The van der Waals surface area contributed by atoms with Crippen LogP contribution in [0, 0.1) is 5.41 Å². The van der Waals surface area contributed by atoms with Gasteiger partial charge < -0.3 is 15.4 Å². The number of ether oxygens (including phenoxy) is 1. The number of nitrogens with one attached hydrogen (secondary N) is 1. The summed E-state index contributed by atoms with van der Waals surface area (Å²) in [5.41, 5.74) is 8.39. The molecule has 0 aliphatic carbocycles. The number of aryl methyl sites for hydroxylation is 1. The van der Waals surface area contributed by atoms with Gasteiger partial charge in [0, 0.05) is 6.54 Å². The van der Waals surface area contributed by atoms with Gasteiger partial charge in [0.25, 0.3) is 0 Å². The Bertz CT molecular complexity index is 541. The molecular weight excluding hydrogens is 266 g/mol. The second kappa shape index (κ2) is 5.97. The first-order valence-corrected chi connectivity index (χ1v) is 7.50. The summed E-state index contributed by atoms with van der Waals surface area (Å²) in [6, 6.07) is 0. The molecule has 116 valence electrons. The van der Waals surface area contributed by atoms with E-state index >= 15 is 0 Å². The van der Waals surface area contributed by atoms with Gasteiger partial charge in [-0.05, 0) is 32.3 Å². The molecule has 0 amide bonds. The fraction of sp³-hybridized carbons (Fsp3) is 0.667. The molecule has 0 unspecified atom stereocenters. The largest absolute Gasteiger partial charge is 0.384 e. The lowest BCUT2D eigenvalue weighted by molar-refractivity contribution is 0.0637. The molecule has 1 aliphatic heterocycles. The van der Waals surface area contributed by atoms with E-state index in [0.29, 0.717) is 19.0 Å². The molecule has 2 rings (SSSR count). The molecule has 0 saturated carbocycles. The molecule has 1 aliphatic rings.